The van der Waals surface area contributed by atoms with Crippen LogP contribution in [0.25, 0.3) is 11.1 Å². The third kappa shape index (κ3) is 3.33. The van der Waals surface area contributed by atoms with E-state index in [2.05, 4.69) is 5.32 Å². The van der Waals surface area contributed by atoms with Gasteiger partial charge in [-0.25, -0.2) is 8.42 Å². The molecule has 5 rings (SSSR count). The number of ether oxygens (including phenoxy) is 2. The van der Waals surface area contributed by atoms with E-state index in [9.17, 15) is 22.8 Å². The molecule has 1 N–H and O–H groups in total. The highest BCUT2D eigenvalue weighted by molar-refractivity contribution is 7.92. The number of sulfone groups is 1. The van der Waals surface area contributed by atoms with Crippen LogP contribution in [0.4, 0.5) is 0 Å². The molecule has 1 aliphatic carbocycles. The largest absolute Gasteiger partial charge is 0.461 e. The van der Waals surface area contributed by atoms with E-state index >= 15 is 0 Å². The molecular weight excluding hydrogens is 460 g/mol. The van der Waals surface area contributed by atoms with E-state index in [1.165, 1.54) is 14.0 Å². The van der Waals surface area contributed by atoms with Crippen LogP contribution in [0.2, 0.25) is 0 Å². The van der Waals surface area contributed by atoms with E-state index in [1.807, 2.05) is 48.5 Å². The van der Waals surface area contributed by atoms with Crippen molar-refractivity contribution in [2.75, 3.05) is 19.5 Å². The molecule has 0 aromatic heterocycles. The Labute approximate surface area is 196 Å². The first-order valence-electron chi connectivity index (χ1n) is 10.7. The lowest BCUT2D eigenvalue weighted by Crippen LogP contribution is -2.71. The number of carbonyl (C=O) groups excluding carboxylic acids is 3. The van der Waals surface area contributed by atoms with Crippen LogP contribution in [0.1, 0.15) is 24.1 Å². The highest BCUT2D eigenvalue weighted by Crippen LogP contribution is 2.44. The number of rotatable bonds is 5. The highest BCUT2D eigenvalue weighted by Gasteiger charge is 2.60. The zero-order valence-corrected chi connectivity index (χ0v) is 19.3. The van der Waals surface area contributed by atoms with Crippen molar-refractivity contribution in [3.8, 4) is 11.1 Å². The number of β-lactam (4-membered cyclic amide) rings is 1. The lowest BCUT2D eigenvalue weighted by Gasteiger charge is -2.48. The number of methoxy groups -OCH3 is 1. The molecular formula is C24H22N2O7S. The van der Waals surface area contributed by atoms with Gasteiger partial charge in [-0.1, -0.05) is 48.5 Å². The van der Waals surface area contributed by atoms with E-state index in [0.717, 1.165) is 27.2 Å². The fourth-order valence-electron chi connectivity index (χ4n) is 4.89. The summed E-state index contributed by atoms with van der Waals surface area (Å²) in [6.07, 6.45) is -1.18. The van der Waals surface area contributed by atoms with Crippen molar-refractivity contribution < 1.29 is 32.3 Å². The van der Waals surface area contributed by atoms with Gasteiger partial charge >= 0.3 is 5.97 Å². The van der Waals surface area contributed by atoms with Gasteiger partial charge in [0.15, 0.2) is 21.3 Å². The van der Waals surface area contributed by atoms with Gasteiger partial charge in [0, 0.05) is 19.6 Å². The molecule has 0 spiro atoms. The quantitative estimate of drug-likeness (QED) is 0.504. The first-order valence-corrected chi connectivity index (χ1v) is 12.4. The minimum atomic E-state index is -3.86. The van der Waals surface area contributed by atoms with Gasteiger partial charge < -0.3 is 14.8 Å². The van der Waals surface area contributed by atoms with Gasteiger partial charge in [0.05, 0.1) is 11.8 Å². The lowest BCUT2D eigenvalue weighted by molar-refractivity contribution is -0.160. The molecule has 2 aromatic carbocycles. The number of carbonyl (C=O) groups is 3. The number of hydrogen-bond acceptors (Lipinski definition) is 7. The predicted octanol–water partition coefficient (Wildman–Crippen LogP) is 1.30. The monoisotopic (exact) mass is 482 g/mol. The Morgan fingerprint density at radius 1 is 1.06 bits per heavy atom. The molecule has 2 amide bonds. The van der Waals surface area contributed by atoms with Crippen LogP contribution in [0.15, 0.2) is 59.8 Å². The molecule has 1 fully saturated rings. The summed E-state index contributed by atoms with van der Waals surface area (Å²) in [4.78, 5) is 38.8. The Morgan fingerprint density at radius 3 is 2.21 bits per heavy atom. The predicted molar refractivity (Wildman–Crippen MR) is 121 cm³/mol. The maximum absolute atomic E-state index is 13.6. The van der Waals surface area contributed by atoms with Gasteiger partial charge in [0.2, 0.25) is 0 Å². The number of fused-ring (bicyclic) bond motifs is 4. The summed E-state index contributed by atoms with van der Waals surface area (Å²) >= 11 is 0. The topological polar surface area (TPSA) is 119 Å². The molecule has 0 radical (unpaired) electrons. The molecule has 176 valence electrons. The molecule has 2 aromatic rings. The molecule has 2 atom stereocenters. The smallest absolute Gasteiger partial charge is 0.302 e. The van der Waals surface area contributed by atoms with Gasteiger partial charge in [0.25, 0.3) is 11.8 Å². The van der Waals surface area contributed by atoms with Crippen LogP contribution in [0.3, 0.4) is 0 Å². The van der Waals surface area contributed by atoms with Crippen molar-refractivity contribution in [2.24, 2.45) is 0 Å². The van der Waals surface area contributed by atoms with Crippen LogP contribution in [0.5, 0.6) is 0 Å². The Morgan fingerprint density at radius 2 is 1.65 bits per heavy atom. The second-order valence-electron chi connectivity index (χ2n) is 8.38. The number of esters is 1. The van der Waals surface area contributed by atoms with Gasteiger partial charge in [0.1, 0.15) is 12.3 Å². The van der Waals surface area contributed by atoms with Gasteiger partial charge in [-0.2, -0.15) is 0 Å². The average Bonchev–Trinajstić information content (AvgIpc) is 3.11. The summed E-state index contributed by atoms with van der Waals surface area (Å²) in [6, 6.07) is 14.9. The summed E-state index contributed by atoms with van der Waals surface area (Å²) in [5.74, 6) is -2.40. The number of amides is 2. The normalized spacial score (nSPS) is 22.4. The summed E-state index contributed by atoms with van der Waals surface area (Å²) in [7, 11) is -2.61. The second-order valence-corrected chi connectivity index (χ2v) is 10.5. The summed E-state index contributed by atoms with van der Waals surface area (Å²) in [5.41, 5.74) is 3.70. The van der Waals surface area contributed by atoms with E-state index in [1.54, 1.807) is 0 Å². The average molecular weight is 483 g/mol. The Bertz CT molecular complexity index is 1320. The van der Waals surface area contributed by atoms with E-state index in [0.29, 0.717) is 0 Å². The second kappa shape index (κ2) is 8.07. The van der Waals surface area contributed by atoms with Crippen LogP contribution in [0, 0.1) is 0 Å². The summed E-state index contributed by atoms with van der Waals surface area (Å²) in [6.45, 7) is 0.770. The van der Waals surface area contributed by atoms with Crippen LogP contribution in [-0.2, 0) is 33.7 Å². The minimum Gasteiger partial charge on any atom is -0.461 e. The zero-order chi connectivity index (χ0) is 24.2. The SMILES string of the molecule is CO[C@H]1C(=O)N2C(C(=O)NC3c4ccccc4-c4ccccc43)=C(COC(C)=O)CS(=O)(=O)[C@H]12. The standard InChI is InChI=1S/C24H22N2O7S/c1-13(27)33-11-14-12-34(30,31)24-21(32-2)23(29)26(24)20(14)22(28)25-19-17-9-5-3-7-15(17)16-8-4-6-10-18(16)19/h3-10,19,21,24H,11-12H2,1-2H3,(H,25,28)/t21-,24+/m0/s1. The summed E-state index contributed by atoms with van der Waals surface area (Å²) < 4.78 is 35.9. The molecule has 1 saturated heterocycles. The fourth-order valence-corrected chi connectivity index (χ4v) is 6.90. The van der Waals surface area contributed by atoms with Crippen LogP contribution >= 0.6 is 0 Å². The number of hydrogen-bond donors (Lipinski definition) is 1. The van der Waals surface area contributed by atoms with Gasteiger partial charge in [-0.3, -0.25) is 19.3 Å². The fraction of sp³-hybridized carbons (Fsp3) is 0.292. The van der Waals surface area contributed by atoms with Crippen LogP contribution in [-0.4, -0.2) is 62.0 Å². The maximum atomic E-state index is 13.6. The highest BCUT2D eigenvalue weighted by atomic mass is 32.2. The molecule has 0 saturated carbocycles. The minimum absolute atomic E-state index is 0.0476. The number of nitrogens with zero attached hydrogens (tertiary/aromatic N) is 1. The molecule has 2 heterocycles. The van der Waals surface area contributed by atoms with Gasteiger partial charge in [-0.15, -0.1) is 0 Å². The molecule has 10 heteroatoms. The Hall–Kier alpha value is -3.50. The van der Waals surface area contributed by atoms with E-state index in [-0.39, 0.29) is 11.3 Å². The molecule has 0 bridgehead atoms. The third-order valence-corrected chi connectivity index (χ3v) is 8.29. The van der Waals surface area contributed by atoms with Gasteiger partial charge in [-0.05, 0) is 22.3 Å². The number of nitrogens with one attached hydrogen (secondary N) is 1. The summed E-state index contributed by atoms with van der Waals surface area (Å²) in [5, 5.41) is 1.68. The van der Waals surface area contributed by atoms with Crippen LogP contribution < -0.4 is 5.32 Å². The number of benzene rings is 2. The lowest BCUT2D eigenvalue weighted by atomic mass is 10.0. The van der Waals surface area contributed by atoms with Crippen molar-refractivity contribution in [3.05, 3.63) is 70.9 Å². The third-order valence-electron chi connectivity index (χ3n) is 6.34. The molecule has 0 unspecified atom stereocenters. The Kier molecular flexibility index (Phi) is 5.29. The van der Waals surface area contributed by atoms with E-state index in [4.69, 9.17) is 9.47 Å². The molecule has 2 aliphatic heterocycles. The van der Waals surface area contributed by atoms with E-state index < -0.39 is 57.5 Å². The molecule has 9 nitrogen and oxygen atoms in total. The first-order chi connectivity index (χ1) is 16.2. The van der Waals surface area contributed by atoms with Crippen molar-refractivity contribution in [2.45, 2.75) is 24.4 Å². The maximum Gasteiger partial charge on any atom is 0.302 e. The molecule has 3 aliphatic rings. The first kappa shape index (κ1) is 22.3. The van der Waals surface area contributed by atoms with Crippen molar-refractivity contribution in [3.63, 3.8) is 0 Å². The van der Waals surface area contributed by atoms with Crippen molar-refractivity contribution >= 4 is 27.6 Å². The van der Waals surface area contributed by atoms with Crippen molar-refractivity contribution in [1.29, 1.82) is 0 Å². The zero-order valence-electron chi connectivity index (χ0n) is 18.5. The molecule has 34 heavy (non-hydrogen) atoms. The van der Waals surface area contributed by atoms with Crippen molar-refractivity contribution in [1.82, 2.24) is 10.2 Å². The Balaban J connectivity index is 1.56.